The molecule has 3 rings (SSSR count). The summed E-state index contributed by atoms with van der Waals surface area (Å²) >= 11 is 2.01. The van der Waals surface area contributed by atoms with E-state index in [0.717, 1.165) is 25.2 Å². The number of carbonyl (C=O) groups is 1. The van der Waals surface area contributed by atoms with Gasteiger partial charge in [0.15, 0.2) is 0 Å². The van der Waals surface area contributed by atoms with Crippen LogP contribution in [0.5, 0.6) is 0 Å². The second kappa shape index (κ2) is 6.88. The van der Waals surface area contributed by atoms with Crippen LogP contribution in [0.4, 0.5) is 0 Å². The molecule has 120 valence electrons. The topological polar surface area (TPSA) is 38.8 Å². The van der Waals surface area contributed by atoms with Gasteiger partial charge in [0.2, 0.25) is 0 Å². The van der Waals surface area contributed by atoms with Gasteiger partial charge in [0.1, 0.15) is 0 Å². The lowest BCUT2D eigenvalue weighted by atomic mass is 9.88. The molecular formula is C16H27NO3S. The Morgan fingerprint density at radius 3 is 2.81 bits per heavy atom. The van der Waals surface area contributed by atoms with Gasteiger partial charge < -0.3 is 9.47 Å². The van der Waals surface area contributed by atoms with Gasteiger partial charge in [-0.05, 0) is 37.9 Å². The number of nitrogens with zero attached hydrogens (tertiary/aromatic N) is 1. The van der Waals surface area contributed by atoms with E-state index < -0.39 is 0 Å². The molecule has 2 atom stereocenters. The Morgan fingerprint density at radius 1 is 1.33 bits per heavy atom. The first kappa shape index (κ1) is 15.6. The molecular weight excluding hydrogens is 286 g/mol. The van der Waals surface area contributed by atoms with Gasteiger partial charge in [0, 0.05) is 24.4 Å². The lowest BCUT2D eigenvalue weighted by Gasteiger charge is -2.44. The molecule has 3 fully saturated rings. The highest BCUT2D eigenvalue weighted by molar-refractivity contribution is 7.99. The number of ether oxygens (including phenoxy) is 2. The number of hydrogen-bond donors (Lipinski definition) is 0. The van der Waals surface area contributed by atoms with Crippen LogP contribution < -0.4 is 0 Å². The molecule has 0 radical (unpaired) electrons. The number of thioether (sulfide) groups is 1. The van der Waals surface area contributed by atoms with Crippen LogP contribution in [0, 0.1) is 0 Å². The SMILES string of the molecule is COC(=O)CN(C1CCCC1)C1CCOC2(CCSC2)C1. The zero-order valence-corrected chi connectivity index (χ0v) is 13.8. The predicted octanol–water partition coefficient (Wildman–Crippen LogP) is 2.46. The Balaban J connectivity index is 1.70. The fraction of sp³-hybridized carbons (Fsp3) is 0.938. The van der Waals surface area contributed by atoms with Crippen molar-refractivity contribution in [2.75, 3.05) is 31.8 Å². The summed E-state index contributed by atoms with van der Waals surface area (Å²) in [7, 11) is 1.49. The van der Waals surface area contributed by atoms with E-state index in [9.17, 15) is 4.79 Å². The van der Waals surface area contributed by atoms with Crippen LogP contribution in [0.15, 0.2) is 0 Å². The average molecular weight is 313 g/mol. The van der Waals surface area contributed by atoms with E-state index in [1.165, 1.54) is 45.0 Å². The lowest BCUT2D eigenvalue weighted by molar-refractivity contribution is -0.146. The third kappa shape index (κ3) is 3.57. The molecule has 1 aliphatic carbocycles. The van der Waals surface area contributed by atoms with Crippen molar-refractivity contribution in [3.05, 3.63) is 0 Å². The smallest absolute Gasteiger partial charge is 0.319 e. The molecule has 0 bridgehead atoms. The first-order chi connectivity index (χ1) is 10.2. The molecule has 1 saturated carbocycles. The maximum atomic E-state index is 11.8. The normalized spacial score (nSPS) is 33.9. The predicted molar refractivity (Wildman–Crippen MR) is 84.6 cm³/mol. The van der Waals surface area contributed by atoms with Crippen LogP contribution in [0.25, 0.3) is 0 Å². The van der Waals surface area contributed by atoms with Crippen LogP contribution in [-0.2, 0) is 14.3 Å². The van der Waals surface area contributed by atoms with Crippen molar-refractivity contribution in [2.45, 2.75) is 62.6 Å². The number of methoxy groups -OCH3 is 1. The third-order valence-electron chi connectivity index (χ3n) is 5.34. The Bertz CT molecular complexity index is 365. The molecule has 2 heterocycles. The molecule has 0 N–H and O–H groups in total. The summed E-state index contributed by atoms with van der Waals surface area (Å²) in [6.07, 6.45) is 8.38. The second-order valence-corrected chi connectivity index (χ2v) is 7.77. The van der Waals surface area contributed by atoms with Crippen molar-refractivity contribution in [3.63, 3.8) is 0 Å². The molecule has 0 aromatic carbocycles. The summed E-state index contributed by atoms with van der Waals surface area (Å²) in [4.78, 5) is 14.3. The summed E-state index contributed by atoms with van der Waals surface area (Å²) < 4.78 is 11.1. The Morgan fingerprint density at radius 2 is 2.14 bits per heavy atom. The van der Waals surface area contributed by atoms with E-state index in [4.69, 9.17) is 9.47 Å². The monoisotopic (exact) mass is 313 g/mol. The molecule has 2 saturated heterocycles. The first-order valence-corrected chi connectivity index (χ1v) is 9.42. The van der Waals surface area contributed by atoms with Crippen molar-refractivity contribution in [2.24, 2.45) is 0 Å². The molecule has 1 spiro atoms. The second-order valence-electron chi connectivity index (χ2n) is 6.67. The van der Waals surface area contributed by atoms with E-state index >= 15 is 0 Å². The van der Waals surface area contributed by atoms with Crippen LogP contribution in [0.2, 0.25) is 0 Å². The molecule has 2 aliphatic heterocycles. The Labute approximate surface area is 131 Å². The Hall–Kier alpha value is -0.260. The van der Waals surface area contributed by atoms with Crippen LogP contribution >= 0.6 is 11.8 Å². The highest BCUT2D eigenvalue weighted by Gasteiger charge is 2.43. The zero-order valence-electron chi connectivity index (χ0n) is 13.0. The largest absolute Gasteiger partial charge is 0.468 e. The molecule has 0 aromatic heterocycles. The minimum Gasteiger partial charge on any atom is -0.468 e. The molecule has 2 unspecified atom stereocenters. The van der Waals surface area contributed by atoms with E-state index in [-0.39, 0.29) is 11.6 Å². The van der Waals surface area contributed by atoms with E-state index in [2.05, 4.69) is 4.90 Å². The fourth-order valence-electron chi connectivity index (χ4n) is 4.15. The summed E-state index contributed by atoms with van der Waals surface area (Å²) in [5.74, 6) is 2.25. The maximum absolute atomic E-state index is 11.8. The summed E-state index contributed by atoms with van der Waals surface area (Å²) in [5.41, 5.74) is 0.0839. The van der Waals surface area contributed by atoms with Crippen molar-refractivity contribution >= 4 is 17.7 Å². The maximum Gasteiger partial charge on any atom is 0.319 e. The lowest BCUT2D eigenvalue weighted by Crippen LogP contribution is -2.53. The highest BCUT2D eigenvalue weighted by atomic mass is 32.2. The minimum absolute atomic E-state index is 0.0839. The van der Waals surface area contributed by atoms with Crippen LogP contribution in [0.1, 0.15) is 44.9 Å². The average Bonchev–Trinajstić information content (AvgIpc) is 3.17. The molecule has 0 amide bonds. The quantitative estimate of drug-likeness (QED) is 0.746. The molecule has 0 aromatic rings. The number of rotatable bonds is 4. The van der Waals surface area contributed by atoms with Crippen molar-refractivity contribution in [3.8, 4) is 0 Å². The van der Waals surface area contributed by atoms with Gasteiger partial charge in [-0.1, -0.05) is 12.8 Å². The number of carbonyl (C=O) groups excluding carboxylic acids is 1. The number of hydrogen-bond acceptors (Lipinski definition) is 5. The molecule has 4 nitrogen and oxygen atoms in total. The summed E-state index contributed by atoms with van der Waals surface area (Å²) in [5, 5.41) is 0. The van der Waals surface area contributed by atoms with Gasteiger partial charge in [0.25, 0.3) is 0 Å². The van der Waals surface area contributed by atoms with Crippen LogP contribution in [0.3, 0.4) is 0 Å². The zero-order chi connectivity index (χ0) is 14.7. The molecule has 5 heteroatoms. The third-order valence-corrected chi connectivity index (χ3v) is 6.56. The fourth-order valence-corrected chi connectivity index (χ4v) is 5.53. The van der Waals surface area contributed by atoms with E-state index in [0.29, 0.717) is 18.6 Å². The van der Waals surface area contributed by atoms with Gasteiger partial charge in [-0.15, -0.1) is 0 Å². The molecule has 21 heavy (non-hydrogen) atoms. The van der Waals surface area contributed by atoms with Gasteiger partial charge in [-0.25, -0.2) is 0 Å². The van der Waals surface area contributed by atoms with Gasteiger partial charge in [0.05, 0.1) is 19.3 Å². The molecule has 3 aliphatic rings. The minimum atomic E-state index is -0.0942. The number of esters is 1. The highest BCUT2D eigenvalue weighted by Crippen LogP contribution is 2.40. The van der Waals surface area contributed by atoms with Gasteiger partial charge in [-0.3, -0.25) is 9.69 Å². The van der Waals surface area contributed by atoms with Crippen molar-refractivity contribution < 1.29 is 14.3 Å². The summed E-state index contributed by atoms with van der Waals surface area (Å²) in [6, 6.07) is 1.05. The van der Waals surface area contributed by atoms with E-state index in [1.807, 2.05) is 11.8 Å². The van der Waals surface area contributed by atoms with E-state index in [1.54, 1.807) is 0 Å². The van der Waals surface area contributed by atoms with Crippen LogP contribution in [-0.4, -0.2) is 60.3 Å². The first-order valence-electron chi connectivity index (χ1n) is 8.27. The van der Waals surface area contributed by atoms with Crippen molar-refractivity contribution in [1.82, 2.24) is 4.90 Å². The summed E-state index contributed by atoms with van der Waals surface area (Å²) in [6.45, 7) is 1.30. The van der Waals surface area contributed by atoms with Gasteiger partial charge in [-0.2, -0.15) is 11.8 Å². The Kier molecular flexibility index (Phi) is 5.12. The van der Waals surface area contributed by atoms with Gasteiger partial charge >= 0.3 is 5.97 Å². The van der Waals surface area contributed by atoms with Crippen molar-refractivity contribution in [1.29, 1.82) is 0 Å². The standard InChI is InChI=1S/C16H27NO3S/c1-19-15(18)11-17(13-4-2-3-5-13)14-6-8-20-16(10-14)7-9-21-12-16/h13-14H,2-12H2,1H3.